The molecule has 3 rings (SSSR count). The Morgan fingerprint density at radius 3 is 2.43 bits per heavy atom. The Balaban J connectivity index is 1.54. The van der Waals surface area contributed by atoms with Crippen LogP contribution in [0.5, 0.6) is 0 Å². The monoisotopic (exact) mass is 422 g/mol. The van der Waals surface area contributed by atoms with Gasteiger partial charge in [-0.05, 0) is 51.1 Å². The van der Waals surface area contributed by atoms with Gasteiger partial charge in [-0.2, -0.15) is 5.10 Å². The Morgan fingerprint density at radius 2 is 1.73 bits per heavy atom. The van der Waals surface area contributed by atoms with Crippen molar-refractivity contribution in [2.75, 3.05) is 24.5 Å². The number of hydrazone groups is 1. The van der Waals surface area contributed by atoms with Crippen LogP contribution < -0.4 is 15.6 Å². The summed E-state index contributed by atoms with van der Waals surface area (Å²) in [6, 6.07) is 15.4. The van der Waals surface area contributed by atoms with E-state index in [0.717, 1.165) is 35.4 Å². The highest BCUT2D eigenvalue weighted by Crippen LogP contribution is 2.26. The second-order valence-corrected chi connectivity index (χ2v) is 7.69. The van der Waals surface area contributed by atoms with Gasteiger partial charge in [0.15, 0.2) is 0 Å². The summed E-state index contributed by atoms with van der Waals surface area (Å²) in [6.07, 6.45) is 0. The van der Waals surface area contributed by atoms with Crippen LogP contribution in [-0.4, -0.2) is 37.2 Å². The molecular weight excluding hydrogens is 396 g/mol. The van der Waals surface area contributed by atoms with Crippen molar-refractivity contribution in [1.82, 2.24) is 10.7 Å². The number of nitrogens with one attached hydrogen (secondary N) is 2. The minimum atomic E-state index is -0.373. The summed E-state index contributed by atoms with van der Waals surface area (Å²) < 4.78 is 1.17. The molecule has 0 bridgehead atoms. The first-order valence-corrected chi connectivity index (χ1v) is 10.8. The van der Waals surface area contributed by atoms with Gasteiger partial charge < -0.3 is 10.2 Å². The van der Waals surface area contributed by atoms with E-state index in [0.29, 0.717) is 5.56 Å². The molecule has 7 heteroatoms. The first-order chi connectivity index (χ1) is 14.5. The summed E-state index contributed by atoms with van der Waals surface area (Å²) in [5.41, 5.74) is 5.82. The van der Waals surface area contributed by atoms with E-state index in [4.69, 9.17) is 0 Å². The van der Waals surface area contributed by atoms with Crippen molar-refractivity contribution in [3.05, 3.63) is 65.0 Å². The van der Waals surface area contributed by atoms with Crippen molar-refractivity contribution in [2.45, 2.75) is 20.8 Å². The third-order valence-corrected chi connectivity index (χ3v) is 5.85. The Kier molecular flexibility index (Phi) is 7.19. The third-order valence-electron chi connectivity index (χ3n) is 4.89. The molecule has 0 atom stereocenters. The Morgan fingerprint density at radius 1 is 1.03 bits per heavy atom. The summed E-state index contributed by atoms with van der Waals surface area (Å²) in [5, 5.41) is 9.95. The van der Waals surface area contributed by atoms with Crippen LogP contribution in [-0.2, 0) is 4.79 Å². The molecule has 0 saturated carbocycles. The first kappa shape index (κ1) is 21.5. The number of amides is 2. The van der Waals surface area contributed by atoms with E-state index >= 15 is 0 Å². The van der Waals surface area contributed by atoms with Crippen molar-refractivity contribution in [2.24, 2.45) is 5.10 Å². The fourth-order valence-electron chi connectivity index (χ4n) is 3.18. The van der Waals surface area contributed by atoms with Gasteiger partial charge in [-0.1, -0.05) is 18.2 Å². The molecule has 6 nitrogen and oxygen atoms in total. The number of fused-ring (bicyclic) bond motifs is 1. The van der Waals surface area contributed by atoms with Crippen LogP contribution in [0.1, 0.15) is 36.7 Å². The average molecular weight is 423 g/mol. The van der Waals surface area contributed by atoms with Gasteiger partial charge >= 0.3 is 0 Å². The SMILES string of the molecule is CCN(CC)c1ccc(C(=O)NCC(=O)N/N=C(\C)c2csc3ccccc23)cc1. The highest BCUT2D eigenvalue weighted by atomic mass is 32.1. The van der Waals surface area contributed by atoms with Gasteiger partial charge in [0.2, 0.25) is 0 Å². The number of nitrogens with zero attached hydrogens (tertiary/aromatic N) is 2. The van der Waals surface area contributed by atoms with Crippen molar-refractivity contribution in [1.29, 1.82) is 0 Å². The summed E-state index contributed by atoms with van der Waals surface area (Å²) >= 11 is 1.64. The first-order valence-electron chi connectivity index (χ1n) is 9.96. The molecule has 0 radical (unpaired) electrons. The van der Waals surface area contributed by atoms with Crippen LogP contribution in [0.25, 0.3) is 10.1 Å². The molecule has 0 saturated heterocycles. The van der Waals surface area contributed by atoms with Gasteiger partial charge in [-0.25, -0.2) is 5.43 Å². The lowest BCUT2D eigenvalue weighted by Crippen LogP contribution is -2.35. The number of anilines is 1. The highest BCUT2D eigenvalue weighted by Gasteiger charge is 2.10. The lowest BCUT2D eigenvalue weighted by Gasteiger charge is -2.21. The van der Waals surface area contributed by atoms with Crippen LogP contribution in [0.15, 0.2) is 59.0 Å². The summed E-state index contributed by atoms with van der Waals surface area (Å²) in [5.74, 6) is -0.664. The molecule has 1 aromatic heterocycles. The van der Waals surface area contributed by atoms with Crippen LogP contribution in [0.4, 0.5) is 5.69 Å². The average Bonchev–Trinajstić information content (AvgIpc) is 3.21. The van der Waals surface area contributed by atoms with Crippen molar-refractivity contribution < 1.29 is 9.59 Å². The maximum atomic E-state index is 12.3. The zero-order valence-corrected chi connectivity index (χ0v) is 18.3. The molecule has 30 heavy (non-hydrogen) atoms. The number of benzene rings is 2. The molecule has 1 heterocycles. The van der Waals surface area contributed by atoms with Gasteiger partial charge in [0.25, 0.3) is 11.8 Å². The number of thiophene rings is 1. The van der Waals surface area contributed by atoms with E-state index in [1.165, 1.54) is 4.70 Å². The molecule has 2 aromatic carbocycles. The molecule has 0 unspecified atom stereocenters. The molecule has 0 aliphatic rings. The summed E-state index contributed by atoms with van der Waals surface area (Å²) in [4.78, 5) is 26.6. The molecule has 2 N–H and O–H groups in total. The molecule has 2 amide bonds. The van der Waals surface area contributed by atoms with Crippen molar-refractivity contribution in [3.63, 3.8) is 0 Å². The second kappa shape index (κ2) is 10.0. The number of rotatable bonds is 8. The maximum absolute atomic E-state index is 12.3. The van der Waals surface area contributed by atoms with Gasteiger partial charge in [-0.3, -0.25) is 9.59 Å². The lowest BCUT2D eigenvalue weighted by molar-refractivity contribution is -0.120. The van der Waals surface area contributed by atoms with Crippen LogP contribution in [0.3, 0.4) is 0 Å². The van der Waals surface area contributed by atoms with E-state index in [1.54, 1.807) is 23.5 Å². The highest BCUT2D eigenvalue weighted by molar-refractivity contribution is 7.17. The lowest BCUT2D eigenvalue weighted by atomic mass is 10.1. The van der Waals surface area contributed by atoms with E-state index in [9.17, 15) is 9.59 Å². The minimum Gasteiger partial charge on any atom is -0.372 e. The fraction of sp³-hybridized carbons (Fsp3) is 0.261. The van der Waals surface area contributed by atoms with Crippen molar-refractivity contribution >= 4 is 44.6 Å². The predicted molar refractivity (Wildman–Crippen MR) is 125 cm³/mol. The normalized spacial score (nSPS) is 11.4. The molecule has 0 aliphatic heterocycles. The van der Waals surface area contributed by atoms with E-state index in [-0.39, 0.29) is 18.4 Å². The smallest absolute Gasteiger partial charge is 0.259 e. The minimum absolute atomic E-state index is 0.141. The Hall–Kier alpha value is -3.19. The zero-order chi connectivity index (χ0) is 21.5. The number of carbonyl (C=O) groups excluding carboxylic acids is 2. The Labute approximate surface area is 180 Å². The van der Waals surface area contributed by atoms with Gasteiger partial charge in [-0.15, -0.1) is 11.3 Å². The van der Waals surface area contributed by atoms with Gasteiger partial charge in [0, 0.05) is 45.4 Å². The molecule has 0 fully saturated rings. The largest absolute Gasteiger partial charge is 0.372 e. The van der Waals surface area contributed by atoms with Crippen LogP contribution >= 0.6 is 11.3 Å². The predicted octanol–water partition coefficient (Wildman–Crippen LogP) is 4.02. The quantitative estimate of drug-likeness (QED) is 0.425. The third kappa shape index (κ3) is 5.04. The number of hydrogen-bond donors (Lipinski definition) is 2. The molecule has 156 valence electrons. The van der Waals surface area contributed by atoms with Gasteiger partial charge in [0.05, 0.1) is 12.3 Å². The van der Waals surface area contributed by atoms with E-state index in [2.05, 4.69) is 40.7 Å². The fourth-order valence-corrected chi connectivity index (χ4v) is 4.18. The van der Waals surface area contributed by atoms with Gasteiger partial charge in [0.1, 0.15) is 0 Å². The Bertz CT molecular complexity index is 1050. The number of hydrogen-bond acceptors (Lipinski definition) is 5. The standard InChI is InChI=1S/C23H26N4O2S/c1-4-27(5-2)18-12-10-17(11-13-18)23(29)24-14-22(28)26-25-16(3)20-15-30-21-9-7-6-8-19(20)21/h6-13,15H,4-5,14H2,1-3H3,(H,24,29)(H,26,28)/b25-16+. The molecule has 0 aliphatic carbocycles. The summed E-state index contributed by atoms with van der Waals surface area (Å²) in [6.45, 7) is 7.71. The molecular formula is C23H26N4O2S. The van der Waals surface area contributed by atoms with E-state index < -0.39 is 0 Å². The van der Waals surface area contributed by atoms with Crippen molar-refractivity contribution in [3.8, 4) is 0 Å². The summed E-state index contributed by atoms with van der Waals surface area (Å²) in [7, 11) is 0. The second-order valence-electron chi connectivity index (χ2n) is 6.78. The topological polar surface area (TPSA) is 73.8 Å². The molecule has 0 spiro atoms. The zero-order valence-electron chi connectivity index (χ0n) is 17.4. The number of carbonyl (C=O) groups is 2. The molecule has 3 aromatic rings. The maximum Gasteiger partial charge on any atom is 0.259 e. The van der Waals surface area contributed by atoms with E-state index in [1.807, 2.05) is 42.6 Å². The van der Waals surface area contributed by atoms with Crippen LogP contribution in [0, 0.1) is 0 Å². The van der Waals surface area contributed by atoms with Crippen LogP contribution in [0.2, 0.25) is 0 Å².